The summed E-state index contributed by atoms with van der Waals surface area (Å²) in [4.78, 5) is 13.2. The first-order valence-corrected chi connectivity index (χ1v) is 4.82. The van der Waals surface area contributed by atoms with Crippen LogP contribution in [0.1, 0.15) is 26.7 Å². The van der Waals surface area contributed by atoms with Crippen molar-refractivity contribution in [2.45, 2.75) is 26.7 Å². The van der Waals surface area contributed by atoms with E-state index in [2.05, 4.69) is 4.90 Å². The molecular formula is C10H21NO2. The Hall–Kier alpha value is -0.570. The van der Waals surface area contributed by atoms with Crippen molar-refractivity contribution < 1.29 is 9.53 Å². The van der Waals surface area contributed by atoms with Crippen molar-refractivity contribution in [3.63, 3.8) is 0 Å². The van der Waals surface area contributed by atoms with Gasteiger partial charge in [-0.1, -0.05) is 13.8 Å². The number of carbonyl (C=O) groups excluding carboxylic acids is 1. The first kappa shape index (κ1) is 12.4. The molecule has 0 aromatic carbocycles. The summed E-state index contributed by atoms with van der Waals surface area (Å²) >= 11 is 0. The molecule has 0 amide bonds. The highest BCUT2D eigenvalue weighted by Gasteiger charge is 2.03. The van der Waals surface area contributed by atoms with Crippen molar-refractivity contribution in [3.8, 4) is 0 Å². The molecule has 13 heavy (non-hydrogen) atoms. The van der Waals surface area contributed by atoms with Gasteiger partial charge in [0, 0.05) is 6.42 Å². The maximum absolute atomic E-state index is 11.1. The minimum Gasteiger partial charge on any atom is -0.465 e. The summed E-state index contributed by atoms with van der Waals surface area (Å²) < 4.78 is 5.03. The smallest absolute Gasteiger partial charge is 0.305 e. The zero-order valence-electron chi connectivity index (χ0n) is 9.17. The zero-order valence-corrected chi connectivity index (χ0v) is 9.17. The van der Waals surface area contributed by atoms with Gasteiger partial charge in [-0.25, -0.2) is 0 Å². The lowest BCUT2D eigenvalue weighted by molar-refractivity contribution is -0.144. The van der Waals surface area contributed by atoms with E-state index in [1.165, 1.54) is 0 Å². The SMILES string of the molecule is CC(C)COC(=O)CCCN(C)C. The fraction of sp³-hybridized carbons (Fsp3) is 0.900. The number of hydrogen-bond acceptors (Lipinski definition) is 3. The van der Waals surface area contributed by atoms with Gasteiger partial charge in [0.15, 0.2) is 0 Å². The Morgan fingerprint density at radius 3 is 2.46 bits per heavy atom. The second kappa shape index (κ2) is 6.89. The van der Waals surface area contributed by atoms with E-state index >= 15 is 0 Å². The van der Waals surface area contributed by atoms with Crippen molar-refractivity contribution in [3.05, 3.63) is 0 Å². The Kier molecular flexibility index (Phi) is 6.59. The van der Waals surface area contributed by atoms with Crippen LogP contribution >= 0.6 is 0 Å². The Morgan fingerprint density at radius 2 is 2.00 bits per heavy atom. The summed E-state index contributed by atoms with van der Waals surface area (Å²) in [5, 5.41) is 0. The number of ether oxygens (including phenoxy) is 1. The monoisotopic (exact) mass is 187 g/mol. The quantitative estimate of drug-likeness (QED) is 0.591. The predicted molar refractivity (Wildman–Crippen MR) is 53.6 cm³/mol. The highest BCUT2D eigenvalue weighted by molar-refractivity contribution is 5.69. The summed E-state index contributed by atoms with van der Waals surface area (Å²) in [6.45, 7) is 5.55. The van der Waals surface area contributed by atoms with E-state index in [1.54, 1.807) is 0 Å². The van der Waals surface area contributed by atoms with E-state index < -0.39 is 0 Å². The molecule has 0 saturated carbocycles. The number of esters is 1. The Morgan fingerprint density at radius 1 is 1.38 bits per heavy atom. The first-order chi connectivity index (χ1) is 6.02. The summed E-state index contributed by atoms with van der Waals surface area (Å²) in [7, 11) is 4.00. The van der Waals surface area contributed by atoms with Gasteiger partial charge in [-0.3, -0.25) is 4.79 Å². The fourth-order valence-electron chi connectivity index (χ4n) is 0.871. The second-order valence-corrected chi connectivity index (χ2v) is 3.98. The van der Waals surface area contributed by atoms with E-state index in [0.29, 0.717) is 18.9 Å². The van der Waals surface area contributed by atoms with Gasteiger partial charge in [0.1, 0.15) is 0 Å². The molecule has 0 aromatic heterocycles. The van der Waals surface area contributed by atoms with Crippen LogP contribution < -0.4 is 0 Å². The molecule has 0 aliphatic rings. The largest absolute Gasteiger partial charge is 0.465 e. The average molecular weight is 187 g/mol. The zero-order chi connectivity index (χ0) is 10.3. The summed E-state index contributed by atoms with van der Waals surface area (Å²) in [6.07, 6.45) is 1.41. The van der Waals surface area contributed by atoms with Crippen LogP contribution in [0.15, 0.2) is 0 Å². The number of hydrogen-bond donors (Lipinski definition) is 0. The Bertz CT molecular complexity index is 144. The van der Waals surface area contributed by atoms with Gasteiger partial charge in [0.2, 0.25) is 0 Å². The third-order valence-electron chi connectivity index (χ3n) is 1.56. The highest BCUT2D eigenvalue weighted by atomic mass is 16.5. The summed E-state index contributed by atoms with van der Waals surface area (Å²) in [5.74, 6) is 0.355. The lowest BCUT2D eigenvalue weighted by Crippen LogP contribution is -2.16. The highest BCUT2D eigenvalue weighted by Crippen LogP contribution is 1.98. The topological polar surface area (TPSA) is 29.5 Å². The summed E-state index contributed by atoms with van der Waals surface area (Å²) in [6, 6.07) is 0. The van der Waals surface area contributed by atoms with Crippen molar-refractivity contribution in [2.75, 3.05) is 27.2 Å². The standard InChI is InChI=1S/C10H21NO2/c1-9(2)8-13-10(12)6-5-7-11(3)4/h9H,5-8H2,1-4H3. The minimum atomic E-state index is -0.0736. The molecule has 0 spiro atoms. The van der Waals surface area contributed by atoms with Gasteiger partial charge in [0.25, 0.3) is 0 Å². The third kappa shape index (κ3) is 9.34. The van der Waals surface area contributed by atoms with Crippen molar-refractivity contribution in [1.29, 1.82) is 0 Å². The number of carbonyl (C=O) groups is 1. The van der Waals surface area contributed by atoms with Crippen LogP contribution in [0, 0.1) is 5.92 Å². The molecule has 0 aliphatic carbocycles. The lowest BCUT2D eigenvalue weighted by atomic mass is 10.2. The van der Waals surface area contributed by atoms with Crippen molar-refractivity contribution in [2.24, 2.45) is 5.92 Å². The fourth-order valence-corrected chi connectivity index (χ4v) is 0.871. The van der Waals surface area contributed by atoms with Crippen LogP contribution in [0.5, 0.6) is 0 Å². The number of nitrogens with zero attached hydrogens (tertiary/aromatic N) is 1. The predicted octanol–water partition coefficient (Wildman–Crippen LogP) is 1.53. The van der Waals surface area contributed by atoms with Crippen molar-refractivity contribution in [1.82, 2.24) is 4.90 Å². The molecule has 3 nitrogen and oxygen atoms in total. The van der Waals surface area contributed by atoms with Crippen LogP contribution in [0.4, 0.5) is 0 Å². The van der Waals surface area contributed by atoms with Crippen LogP contribution in [-0.4, -0.2) is 38.1 Å². The van der Waals surface area contributed by atoms with Gasteiger partial charge in [0.05, 0.1) is 6.61 Å². The molecule has 0 aliphatic heterocycles. The third-order valence-corrected chi connectivity index (χ3v) is 1.56. The van der Waals surface area contributed by atoms with Crippen LogP contribution in [-0.2, 0) is 9.53 Å². The molecule has 0 radical (unpaired) electrons. The molecule has 0 heterocycles. The number of rotatable bonds is 6. The minimum absolute atomic E-state index is 0.0736. The van der Waals surface area contributed by atoms with Gasteiger partial charge < -0.3 is 9.64 Å². The van der Waals surface area contributed by atoms with Gasteiger partial charge in [-0.15, -0.1) is 0 Å². The molecule has 0 bridgehead atoms. The Labute approximate surface area is 81.1 Å². The molecule has 0 unspecified atom stereocenters. The molecule has 0 saturated heterocycles. The van der Waals surface area contributed by atoms with E-state index in [0.717, 1.165) is 13.0 Å². The first-order valence-electron chi connectivity index (χ1n) is 4.82. The maximum Gasteiger partial charge on any atom is 0.305 e. The maximum atomic E-state index is 11.1. The molecule has 0 fully saturated rings. The lowest BCUT2D eigenvalue weighted by Gasteiger charge is -2.09. The van der Waals surface area contributed by atoms with Gasteiger partial charge in [-0.05, 0) is 33.0 Å². The second-order valence-electron chi connectivity index (χ2n) is 3.98. The molecule has 0 aromatic rings. The van der Waals surface area contributed by atoms with Crippen LogP contribution in [0.3, 0.4) is 0 Å². The Balaban J connectivity index is 3.30. The molecule has 3 heteroatoms. The molecule has 0 atom stereocenters. The van der Waals surface area contributed by atoms with Crippen molar-refractivity contribution >= 4 is 5.97 Å². The molecule has 0 rings (SSSR count). The summed E-state index contributed by atoms with van der Waals surface area (Å²) in [5.41, 5.74) is 0. The average Bonchev–Trinajstić information content (AvgIpc) is 2.00. The molecule has 78 valence electrons. The van der Waals surface area contributed by atoms with E-state index in [4.69, 9.17) is 4.74 Å². The van der Waals surface area contributed by atoms with Gasteiger partial charge in [-0.2, -0.15) is 0 Å². The van der Waals surface area contributed by atoms with Crippen LogP contribution in [0.2, 0.25) is 0 Å². The molecular weight excluding hydrogens is 166 g/mol. The normalized spacial score (nSPS) is 10.9. The van der Waals surface area contributed by atoms with Crippen LogP contribution in [0.25, 0.3) is 0 Å². The van der Waals surface area contributed by atoms with E-state index in [-0.39, 0.29) is 5.97 Å². The van der Waals surface area contributed by atoms with E-state index in [9.17, 15) is 4.79 Å². The van der Waals surface area contributed by atoms with E-state index in [1.807, 2.05) is 27.9 Å². The van der Waals surface area contributed by atoms with Gasteiger partial charge >= 0.3 is 5.97 Å². The molecule has 0 N–H and O–H groups in total.